The molecule has 0 aliphatic carbocycles. The Morgan fingerprint density at radius 3 is 2.56 bits per heavy atom. The van der Waals surface area contributed by atoms with Crippen LogP contribution in [0, 0.1) is 12.3 Å². The maximum Gasteiger partial charge on any atom is 0.254 e. The van der Waals surface area contributed by atoms with E-state index in [-0.39, 0.29) is 17.4 Å². The maximum atomic E-state index is 12.2. The summed E-state index contributed by atoms with van der Waals surface area (Å²) in [5.74, 6) is 0.613. The molecule has 0 saturated carbocycles. The van der Waals surface area contributed by atoms with Crippen molar-refractivity contribution < 1.29 is 4.79 Å². The Labute approximate surface area is 109 Å². The third-order valence-electron chi connectivity index (χ3n) is 3.21. The van der Waals surface area contributed by atoms with E-state index in [1.165, 1.54) is 0 Å². The molecule has 1 heterocycles. The molecule has 1 N–H and O–H groups in total. The van der Waals surface area contributed by atoms with Crippen LogP contribution in [0.5, 0.6) is 0 Å². The van der Waals surface area contributed by atoms with Gasteiger partial charge in [-0.05, 0) is 25.7 Å². The number of hydrogen-bond donors (Lipinski definition) is 1. The van der Waals surface area contributed by atoms with Crippen molar-refractivity contribution in [1.29, 1.82) is 0 Å². The van der Waals surface area contributed by atoms with E-state index in [2.05, 4.69) is 36.1 Å². The van der Waals surface area contributed by atoms with Gasteiger partial charge in [-0.3, -0.25) is 4.79 Å². The van der Waals surface area contributed by atoms with E-state index in [1.807, 2.05) is 20.8 Å². The zero-order valence-electron chi connectivity index (χ0n) is 12.2. The third kappa shape index (κ3) is 3.52. The molecular formula is C14H23N3O. The standard InChI is InChI=1S/C14H23N3O/c1-7-12-11(8-15-10(3)17-12)13(18)16-9(2)14(4,5)6/h8-9H,7H2,1-6H3,(H,16,18)/t9-/m0/s1. The van der Waals surface area contributed by atoms with Gasteiger partial charge >= 0.3 is 0 Å². The summed E-state index contributed by atoms with van der Waals surface area (Å²) in [5, 5.41) is 3.01. The van der Waals surface area contributed by atoms with E-state index in [0.29, 0.717) is 11.4 Å². The molecule has 1 atom stereocenters. The maximum absolute atomic E-state index is 12.2. The topological polar surface area (TPSA) is 54.9 Å². The highest BCUT2D eigenvalue weighted by Gasteiger charge is 2.23. The first-order valence-corrected chi connectivity index (χ1v) is 6.39. The molecule has 0 unspecified atom stereocenters. The Hall–Kier alpha value is -1.45. The van der Waals surface area contributed by atoms with Gasteiger partial charge in [0.2, 0.25) is 0 Å². The summed E-state index contributed by atoms with van der Waals surface area (Å²) >= 11 is 0. The van der Waals surface area contributed by atoms with E-state index < -0.39 is 0 Å². The lowest BCUT2D eigenvalue weighted by Crippen LogP contribution is -2.41. The monoisotopic (exact) mass is 249 g/mol. The number of amides is 1. The van der Waals surface area contributed by atoms with E-state index in [0.717, 1.165) is 12.1 Å². The number of hydrogen-bond acceptors (Lipinski definition) is 3. The molecule has 0 fully saturated rings. The van der Waals surface area contributed by atoms with E-state index in [1.54, 1.807) is 6.20 Å². The number of aryl methyl sites for hydroxylation is 2. The molecule has 0 saturated heterocycles. The Kier molecular flexibility index (Phi) is 4.43. The summed E-state index contributed by atoms with van der Waals surface area (Å²) < 4.78 is 0. The molecule has 18 heavy (non-hydrogen) atoms. The van der Waals surface area contributed by atoms with E-state index in [9.17, 15) is 4.79 Å². The van der Waals surface area contributed by atoms with Gasteiger partial charge < -0.3 is 5.32 Å². The van der Waals surface area contributed by atoms with Crippen molar-refractivity contribution in [3.63, 3.8) is 0 Å². The summed E-state index contributed by atoms with van der Waals surface area (Å²) in [5.41, 5.74) is 1.42. The van der Waals surface area contributed by atoms with Gasteiger partial charge in [-0.2, -0.15) is 0 Å². The fourth-order valence-corrected chi connectivity index (χ4v) is 1.47. The molecule has 4 nitrogen and oxygen atoms in total. The van der Waals surface area contributed by atoms with Crippen LogP contribution >= 0.6 is 0 Å². The summed E-state index contributed by atoms with van der Waals surface area (Å²) in [6, 6.07) is 0.0935. The van der Waals surface area contributed by atoms with Crippen molar-refractivity contribution in [2.75, 3.05) is 0 Å². The number of nitrogens with one attached hydrogen (secondary N) is 1. The molecule has 0 aromatic carbocycles. The minimum atomic E-state index is -0.0886. The zero-order valence-corrected chi connectivity index (χ0v) is 12.2. The van der Waals surface area contributed by atoms with Crippen molar-refractivity contribution in [2.24, 2.45) is 5.41 Å². The lowest BCUT2D eigenvalue weighted by molar-refractivity contribution is 0.0908. The third-order valence-corrected chi connectivity index (χ3v) is 3.21. The number of carbonyl (C=O) groups excluding carboxylic acids is 1. The second kappa shape index (κ2) is 5.46. The Morgan fingerprint density at radius 1 is 1.44 bits per heavy atom. The average Bonchev–Trinajstić information content (AvgIpc) is 2.27. The van der Waals surface area contributed by atoms with Crippen LogP contribution in [0.15, 0.2) is 6.20 Å². The van der Waals surface area contributed by atoms with Crippen LogP contribution in [0.25, 0.3) is 0 Å². The Balaban J connectivity index is 2.91. The molecule has 0 radical (unpaired) electrons. The van der Waals surface area contributed by atoms with Crippen LogP contribution < -0.4 is 5.32 Å². The smallest absolute Gasteiger partial charge is 0.254 e. The predicted molar refractivity (Wildman–Crippen MR) is 72.5 cm³/mol. The molecule has 0 aliphatic heterocycles. The highest BCUT2D eigenvalue weighted by molar-refractivity contribution is 5.95. The second-order valence-corrected chi connectivity index (χ2v) is 5.69. The second-order valence-electron chi connectivity index (χ2n) is 5.69. The minimum Gasteiger partial charge on any atom is -0.349 e. The van der Waals surface area contributed by atoms with Gasteiger partial charge in [0.25, 0.3) is 5.91 Å². The molecule has 1 rings (SSSR count). The van der Waals surface area contributed by atoms with Crippen molar-refractivity contribution in [3.8, 4) is 0 Å². The first-order chi connectivity index (χ1) is 8.25. The minimum absolute atomic E-state index is 0.0353. The Morgan fingerprint density at radius 2 is 2.06 bits per heavy atom. The van der Waals surface area contributed by atoms with Crippen molar-refractivity contribution in [1.82, 2.24) is 15.3 Å². The largest absolute Gasteiger partial charge is 0.349 e. The van der Waals surface area contributed by atoms with Gasteiger partial charge in [0.1, 0.15) is 5.82 Å². The first kappa shape index (κ1) is 14.6. The molecule has 1 amide bonds. The van der Waals surface area contributed by atoms with Crippen molar-refractivity contribution in [2.45, 2.75) is 54.0 Å². The number of carbonyl (C=O) groups is 1. The average molecular weight is 249 g/mol. The van der Waals surface area contributed by atoms with Gasteiger partial charge in [-0.25, -0.2) is 9.97 Å². The van der Waals surface area contributed by atoms with E-state index >= 15 is 0 Å². The molecule has 0 aliphatic rings. The summed E-state index contributed by atoms with van der Waals surface area (Å²) in [6.07, 6.45) is 2.35. The molecule has 4 heteroatoms. The molecular weight excluding hydrogens is 226 g/mol. The lowest BCUT2D eigenvalue weighted by atomic mass is 9.88. The number of aromatic nitrogens is 2. The van der Waals surface area contributed by atoms with Gasteiger partial charge in [-0.15, -0.1) is 0 Å². The fourth-order valence-electron chi connectivity index (χ4n) is 1.47. The normalized spacial score (nSPS) is 13.2. The summed E-state index contributed by atoms with van der Waals surface area (Å²) in [4.78, 5) is 20.6. The van der Waals surface area contributed by atoms with Crippen LogP contribution in [0.1, 0.15) is 56.5 Å². The highest BCUT2D eigenvalue weighted by Crippen LogP contribution is 2.19. The number of rotatable bonds is 3. The quantitative estimate of drug-likeness (QED) is 0.895. The SMILES string of the molecule is CCc1nc(C)ncc1C(=O)N[C@@H](C)C(C)(C)C. The van der Waals surface area contributed by atoms with Gasteiger partial charge in [-0.1, -0.05) is 27.7 Å². The first-order valence-electron chi connectivity index (χ1n) is 6.39. The molecule has 1 aromatic rings. The summed E-state index contributed by atoms with van der Waals surface area (Å²) in [7, 11) is 0. The predicted octanol–water partition coefficient (Wildman–Crippen LogP) is 2.51. The van der Waals surface area contributed by atoms with Crippen LogP contribution in [-0.4, -0.2) is 21.9 Å². The van der Waals surface area contributed by atoms with E-state index in [4.69, 9.17) is 0 Å². The molecule has 0 spiro atoms. The van der Waals surface area contributed by atoms with Crippen LogP contribution in [0.3, 0.4) is 0 Å². The van der Waals surface area contributed by atoms with Gasteiger partial charge in [0, 0.05) is 12.2 Å². The van der Waals surface area contributed by atoms with Gasteiger partial charge in [0.05, 0.1) is 11.3 Å². The molecule has 1 aromatic heterocycles. The van der Waals surface area contributed by atoms with Gasteiger partial charge in [0.15, 0.2) is 0 Å². The lowest BCUT2D eigenvalue weighted by Gasteiger charge is -2.28. The highest BCUT2D eigenvalue weighted by atomic mass is 16.1. The van der Waals surface area contributed by atoms with Crippen molar-refractivity contribution in [3.05, 3.63) is 23.3 Å². The Bertz CT molecular complexity index is 435. The molecule has 0 bridgehead atoms. The zero-order chi connectivity index (χ0) is 13.9. The van der Waals surface area contributed by atoms with Crippen LogP contribution in [-0.2, 0) is 6.42 Å². The molecule has 100 valence electrons. The fraction of sp³-hybridized carbons (Fsp3) is 0.643. The van der Waals surface area contributed by atoms with Crippen molar-refractivity contribution >= 4 is 5.91 Å². The summed E-state index contributed by atoms with van der Waals surface area (Å²) in [6.45, 7) is 12.1. The van der Waals surface area contributed by atoms with Crippen LogP contribution in [0.2, 0.25) is 0 Å². The number of nitrogens with zero attached hydrogens (tertiary/aromatic N) is 2. The van der Waals surface area contributed by atoms with Crippen LogP contribution in [0.4, 0.5) is 0 Å².